The topological polar surface area (TPSA) is 27.3 Å². The molecule has 2 aliphatic heterocycles. The second-order valence-electron chi connectivity index (χ2n) is 7.77. The van der Waals surface area contributed by atoms with Crippen molar-refractivity contribution < 1.29 is 4.39 Å². The van der Waals surface area contributed by atoms with E-state index in [-0.39, 0.29) is 5.82 Å². The number of rotatable bonds is 4. The molecule has 2 aromatic carbocycles. The second kappa shape index (κ2) is 7.95. The molecule has 2 aliphatic rings. The first-order valence-corrected chi connectivity index (χ1v) is 10.1. The average Bonchev–Trinajstić information content (AvgIpc) is 2.87. The maximum absolute atomic E-state index is 13.1. The largest absolute Gasteiger partial charge is 0.360 e. The third-order valence-electron chi connectivity index (χ3n) is 5.89. The van der Waals surface area contributed by atoms with Crippen LogP contribution in [0.3, 0.4) is 0 Å². The minimum atomic E-state index is -0.167. The van der Waals surface area contributed by atoms with E-state index >= 15 is 0 Å². The molecule has 2 fully saturated rings. The summed E-state index contributed by atoms with van der Waals surface area (Å²) in [4.78, 5) is 2.60. The lowest BCUT2D eigenvalue weighted by Gasteiger charge is -2.39. The Kier molecular flexibility index (Phi) is 5.41. The molecule has 0 spiro atoms. The molecule has 2 N–H and O–H groups in total. The Morgan fingerprint density at radius 3 is 2.41 bits per heavy atom. The Hall–Kier alpha value is -1.98. The van der Waals surface area contributed by atoms with E-state index in [1.54, 1.807) is 12.1 Å². The summed E-state index contributed by atoms with van der Waals surface area (Å²) in [5.41, 5.74) is 3.44. The smallest absolute Gasteiger partial charge is 0.171 e. The van der Waals surface area contributed by atoms with Gasteiger partial charge in [0, 0.05) is 30.4 Å². The van der Waals surface area contributed by atoms with Crippen LogP contribution in [0.2, 0.25) is 0 Å². The van der Waals surface area contributed by atoms with Crippen LogP contribution in [-0.4, -0.2) is 28.1 Å². The van der Waals surface area contributed by atoms with Crippen molar-refractivity contribution in [2.75, 3.05) is 5.32 Å². The molecule has 27 heavy (non-hydrogen) atoms. The molecule has 1 unspecified atom stereocenters. The van der Waals surface area contributed by atoms with Crippen molar-refractivity contribution in [1.29, 1.82) is 0 Å². The molecule has 0 aromatic heterocycles. The zero-order chi connectivity index (χ0) is 18.8. The summed E-state index contributed by atoms with van der Waals surface area (Å²) in [6.07, 6.45) is 4.69. The van der Waals surface area contributed by atoms with E-state index in [1.165, 1.54) is 24.0 Å². The second-order valence-corrected chi connectivity index (χ2v) is 8.17. The fraction of sp³-hybridized carbons (Fsp3) is 0.409. The Morgan fingerprint density at radius 1 is 1.07 bits per heavy atom. The SMILES string of the molecule is Cc1ccccc1NC(=S)NC1C[C@H]2CC[C@@H](C1)N2Cc1ccc(F)cc1. The number of para-hydroxylation sites is 1. The highest BCUT2D eigenvalue weighted by Crippen LogP contribution is 2.37. The lowest BCUT2D eigenvalue weighted by atomic mass is 9.96. The molecule has 142 valence electrons. The van der Waals surface area contributed by atoms with Crippen molar-refractivity contribution in [1.82, 2.24) is 10.2 Å². The van der Waals surface area contributed by atoms with E-state index in [0.29, 0.717) is 23.2 Å². The molecule has 2 aromatic rings. The molecule has 0 radical (unpaired) electrons. The van der Waals surface area contributed by atoms with E-state index in [0.717, 1.165) is 25.1 Å². The number of anilines is 1. The van der Waals surface area contributed by atoms with E-state index < -0.39 is 0 Å². The van der Waals surface area contributed by atoms with Gasteiger partial charge in [0.05, 0.1) is 0 Å². The van der Waals surface area contributed by atoms with Crippen LogP contribution in [0.4, 0.5) is 10.1 Å². The highest BCUT2D eigenvalue weighted by Gasteiger charge is 2.40. The van der Waals surface area contributed by atoms with E-state index in [9.17, 15) is 4.39 Å². The van der Waals surface area contributed by atoms with Gasteiger partial charge in [-0.05, 0) is 74.2 Å². The Morgan fingerprint density at radius 2 is 1.74 bits per heavy atom. The van der Waals surface area contributed by atoms with Gasteiger partial charge in [-0.15, -0.1) is 0 Å². The van der Waals surface area contributed by atoms with Gasteiger partial charge in [0.15, 0.2) is 5.11 Å². The Labute approximate surface area is 166 Å². The van der Waals surface area contributed by atoms with E-state index in [1.807, 2.05) is 24.3 Å². The van der Waals surface area contributed by atoms with Crippen molar-refractivity contribution in [3.8, 4) is 0 Å². The van der Waals surface area contributed by atoms with Crippen LogP contribution in [0.15, 0.2) is 48.5 Å². The van der Waals surface area contributed by atoms with E-state index in [2.05, 4.69) is 34.6 Å². The van der Waals surface area contributed by atoms with Crippen LogP contribution >= 0.6 is 12.2 Å². The average molecular weight is 384 g/mol. The Bertz CT molecular complexity index is 793. The number of nitrogens with one attached hydrogen (secondary N) is 2. The number of benzene rings is 2. The number of hydrogen-bond acceptors (Lipinski definition) is 2. The maximum atomic E-state index is 13.1. The molecular formula is C22H26FN3S. The van der Waals surface area contributed by atoms with Crippen molar-refractivity contribution in [2.24, 2.45) is 0 Å². The molecular weight excluding hydrogens is 357 g/mol. The Balaban J connectivity index is 1.33. The molecule has 2 bridgehead atoms. The first-order valence-electron chi connectivity index (χ1n) is 9.72. The summed E-state index contributed by atoms with van der Waals surface area (Å²) >= 11 is 5.55. The van der Waals surface area contributed by atoms with Crippen LogP contribution in [0, 0.1) is 12.7 Å². The van der Waals surface area contributed by atoms with Crippen LogP contribution in [0.1, 0.15) is 36.8 Å². The minimum Gasteiger partial charge on any atom is -0.360 e. The quantitative estimate of drug-likeness (QED) is 0.754. The molecule has 5 heteroatoms. The molecule has 0 saturated carbocycles. The van der Waals surface area contributed by atoms with Crippen molar-refractivity contribution >= 4 is 23.0 Å². The lowest BCUT2D eigenvalue weighted by Crippen LogP contribution is -2.50. The lowest BCUT2D eigenvalue weighted by molar-refractivity contribution is 0.115. The number of hydrogen-bond donors (Lipinski definition) is 2. The first-order chi connectivity index (χ1) is 13.1. The monoisotopic (exact) mass is 383 g/mol. The van der Waals surface area contributed by atoms with Crippen LogP contribution in [0.5, 0.6) is 0 Å². The van der Waals surface area contributed by atoms with Gasteiger partial charge >= 0.3 is 0 Å². The van der Waals surface area contributed by atoms with Crippen LogP contribution in [0.25, 0.3) is 0 Å². The number of fused-ring (bicyclic) bond motifs is 2. The third kappa shape index (κ3) is 4.30. The molecule has 2 heterocycles. The standard InChI is InChI=1S/C22H26FN3S/c1-15-4-2-3-5-21(15)25-22(27)24-18-12-19-10-11-20(13-18)26(19)14-16-6-8-17(23)9-7-16/h2-9,18-20H,10-14H2,1H3,(H2,24,25,27)/t18?,19-,20+. The zero-order valence-corrected chi connectivity index (χ0v) is 16.4. The number of aryl methyl sites for hydroxylation is 1. The fourth-order valence-electron chi connectivity index (χ4n) is 4.51. The van der Waals surface area contributed by atoms with Gasteiger partial charge in [0.2, 0.25) is 0 Å². The predicted molar refractivity (Wildman–Crippen MR) is 112 cm³/mol. The molecule has 4 rings (SSSR count). The molecule has 2 saturated heterocycles. The van der Waals surface area contributed by atoms with Crippen LogP contribution < -0.4 is 10.6 Å². The molecule has 0 amide bonds. The normalized spacial score (nSPS) is 24.6. The number of piperidine rings is 1. The van der Waals surface area contributed by atoms with Crippen molar-refractivity contribution in [3.05, 3.63) is 65.5 Å². The molecule has 0 aliphatic carbocycles. The highest BCUT2D eigenvalue weighted by molar-refractivity contribution is 7.80. The van der Waals surface area contributed by atoms with Crippen LogP contribution in [-0.2, 0) is 6.54 Å². The summed E-state index contributed by atoms with van der Waals surface area (Å²) in [5, 5.41) is 7.58. The van der Waals surface area contributed by atoms with Gasteiger partial charge in [-0.2, -0.15) is 0 Å². The summed E-state index contributed by atoms with van der Waals surface area (Å²) in [5.74, 6) is -0.167. The molecule has 3 nitrogen and oxygen atoms in total. The van der Waals surface area contributed by atoms with Gasteiger partial charge in [0.1, 0.15) is 5.82 Å². The number of halogens is 1. The van der Waals surface area contributed by atoms with Gasteiger partial charge in [0.25, 0.3) is 0 Å². The predicted octanol–water partition coefficient (Wildman–Crippen LogP) is 4.62. The molecule has 3 atom stereocenters. The third-order valence-corrected chi connectivity index (χ3v) is 6.11. The summed E-state index contributed by atoms with van der Waals surface area (Å²) in [6, 6.07) is 16.7. The van der Waals surface area contributed by atoms with Crippen molar-refractivity contribution in [2.45, 2.75) is 57.3 Å². The number of thiocarbonyl (C=S) groups is 1. The maximum Gasteiger partial charge on any atom is 0.171 e. The minimum absolute atomic E-state index is 0.167. The highest BCUT2D eigenvalue weighted by atomic mass is 32.1. The first kappa shape index (κ1) is 18.4. The summed E-state index contributed by atoms with van der Waals surface area (Å²) < 4.78 is 13.1. The zero-order valence-electron chi connectivity index (χ0n) is 15.6. The van der Waals surface area contributed by atoms with Gasteiger partial charge in [-0.1, -0.05) is 30.3 Å². The summed E-state index contributed by atoms with van der Waals surface area (Å²) in [6.45, 7) is 2.99. The fourth-order valence-corrected chi connectivity index (χ4v) is 4.78. The van der Waals surface area contributed by atoms with Gasteiger partial charge < -0.3 is 10.6 Å². The van der Waals surface area contributed by atoms with Gasteiger partial charge in [-0.25, -0.2) is 4.39 Å². The number of nitrogens with zero attached hydrogens (tertiary/aromatic N) is 1. The van der Waals surface area contributed by atoms with Gasteiger partial charge in [-0.3, -0.25) is 4.90 Å². The van der Waals surface area contributed by atoms with Crippen molar-refractivity contribution in [3.63, 3.8) is 0 Å². The summed E-state index contributed by atoms with van der Waals surface area (Å²) in [7, 11) is 0. The van der Waals surface area contributed by atoms with E-state index in [4.69, 9.17) is 12.2 Å².